The zero-order chi connectivity index (χ0) is 14.6. The maximum absolute atomic E-state index is 11.3. The van der Waals surface area contributed by atoms with Crippen LogP contribution in [0.2, 0.25) is 0 Å². The number of H-pyrrole nitrogens is 1. The molecule has 6 heteroatoms. The lowest BCUT2D eigenvalue weighted by Gasteiger charge is -2.37. The predicted molar refractivity (Wildman–Crippen MR) is 75.5 cm³/mol. The molecule has 2 fully saturated rings. The Bertz CT molecular complexity index is 748. The average molecular weight is 288 g/mol. The quantitative estimate of drug-likeness (QED) is 0.844. The Morgan fingerprint density at radius 2 is 2.00 bits per heavy atom. The summed E-state index contributed by atoms with van der Waals surface area (Å²) in [6, 6.07) is 6.03. The molecule has 2 aliphatic heterocycles. The topological polar surface area (TPSA) is 86.5 Å². The lowest BCUT2D eigenvalue weighted by Crippen LogP contribution is -2.45. The summed E-state index contributed by atoms with van der Waals surface area (Å²) in [4.78, 5) is 26.8. The smallest absolute Gasteiger partial charge is 0.417 e. The maximum atomic E-state index is 11.3. The summed E-state index contributed by atoms with van der Waals surface area (Å²) < 4.78 is 5.11. The average Bonchev–Trinajstić information content (AvgIpc) is 2.94. The number of fused-ring (bicyclic) bond motifs is 3. The Kier molecular flexibility index (Phi) is 2.60. The molecule has 2 saturated heterocycles. The SMILES string of the molecule is O=C(O)N1C2CCC1CC(c1ccc3[nH]c(=O)oc3c1)C2. The Labute approximate surface area is 120 Å². The van der Waals surface area contributed by atoms with Gasteiger partial charge in [-0.15, -0.1) is 0 Å². The fraction of sp³-hybridized carbons (Fsp3) is 0.467. The number of amides is 1. The van der Waals surface area contributed by atoms with Gasteiger partial charge in [-0.05, 0) is 49.3 Å². The van der Waals surface area contributed by atoms with Crippen molar-refractivity contribution in [3.05, 3.63) is 34.3 Å². The third kappa shape index (κ3) is 1.93. The predicted octanol–water partition coefficient (Wildman–Crippen LogP) is 2.51. The van der Waals surface area contributed by atoms with E-state index in [0.29, 0.717) is 17.0 Å². The number of carboxylic acid groups (broad SMARTS) is 1. The summed E-state index contributed by atoms with van der Waals surface area (Å²) in [6.07, 6.45) is 2.81. The molecule has 1 aromatic carbocycles. The van der Waals surface area contributed by atoms with Crippen LogP contribution >= 0.6 is 0 Å². The van der Waals surface area contributed by atoms with Gasteiger partial charge in [0.2, 0.25) is 0 Å². The third-order valence-electron chi connectivity index (χ3n) is 4.87. The number of hydrogen-bond acceptors (Lipinski definition) is 3. The fourth-order valence-corrected chi connectivity index (χ4v) is 3.98. The number of nitrogens with zero attached hydrogens (tertiary/aromatic N) is 1. The van der Waals surface area contributed by atoms with Crippen LogP contribution in [0.5, 0.6) is 0 Å². The van der Waals surface area contributed by atoms with Gasteiger partial charge >= 0.3 is 11.8 Å². The van der Waals surface area contributed by atoms with Crippen molar-refractivity contribution in [2.75, 3.05) is 0 Å². The molecule has 2 bridgehead atoms. The summed E-state index contributed by atoms with van der Waals surface area (Å²) in [5, 5.41) is 9.29. The van der Waals surface area contributed by atoms with E-state index in [1.54, 1.807) is 4.90 Å². The van der Waals surface area contributed by atoms with E-state index in [0.717, 1.165) is 31.2 Å². The molecule has 0 spiro atoms. The first-order chi connectivity index (χ1) is 10.1. The van der Waals surface area contributed by atoms with Crippen molar-refractivity contribution in [1.29, 1.82) is 0 Å². The second-order valence-corrected chi connectivity index (χ2v) is 6.01. The lowest BCUT2D eigenvalue weighted by molar-refractivity contribution is 0.0965. The van der Waals surface area contributed by atoms with Gasteiger partial charge in [-0.1, -0.05) is 6.07 Å². The van der Waals surface area contributed by atoms with E-state index >= 15 is 0 Å². The van der Waals surface area contributed by atoms with E-state index in [9.17, 15) is 14.7 Å². The van der Waals surface area contributed by atoms with E-state index in [-0.39, 0.29) is 12.1 Å². The summed E-state index contributed by atoms with van der Waals surface area (Å²) in [6.45, 7) is 0. The van der Waals surface area contributed by atoms with Gasteiger partial charge in [-0.25, -0.2) is 9.59 Å². The van der Waals surface area contributed by atoms with E-state index in [1.165, 1.54) is 0 Å². The Balaban J connectivity index is 1.65. The van der Waals surface area contributed by atoms with Crippen LogP contribution in [-0.2, 0) is 0 Å². The molecule has 2 aliphatic rings. The van der Waals surface area contributed by atoms with Crippen LogP contribution in [0.25, 0.3) is 11.1 Å². The number of aromatic amines is 1. The molecule has 0 saturated carbocycles. The molecule has 2 unspecified atom stereocenters. The number of piperidine rings is 1. The van der Waals surface area contributed by atoms with E-state index in [1.807, 2.05) is 18.2 Å². The fourth-order valence-electron chi connectivity index (χ4n) is 3.98. The van der Waals surface area contributed by atoms with Gasteiger partial charge < -0.3 is 14.4 Å². The van der Waals surface area contributed by atoms with Gasteiger partial charge in [-0.3, -0.25) is 4.98 Å². The lowest BCUT2D eigenvalue weighted by atomic mass is 9.85. The van der Waals surface area contributed by atoms with Crippen LogP contribution in [0.3, 0.4) is 0 Å². The number of hydrogen-bond donors (Lipinski definition) is 2. The molecule has 21 heavy (non-hydrogen) atoms. The van der Waals surface area contributed by atoms with Crippen molar-refractivity contribution in [1.82, 2.24) is 9.88 Å². The van der Waals surface area contributed by atoms with Crippen LogP contribution in [0.1, 0.15) is 37.2 Å². The number of benzene rings is 1. The van der Waals surface area contributed by atoms with E-state index < -0.39 is 11.8 Å². The van der Waals surface area contributed by atoms with Crippen LogP contribution in [0.4, 0.5) is 4.79 Å². The highest BCUT2D eigenvalue weighted by molar-refractivity contribution is 5.73. The third-order valence-corrected chi connectivity index (χ3v) is 4.87. The van der Waals surface area contributed by atoms with Crippen molar-refractivity contribution >= 4 is 17.2 Å². The molecule has 3 heterocycles. The summed E-state index contributed by atoms with van der Waals surface area (Å²) >= 11 is 0. The van der Waals surface area contributed by atoms with Gasteiger partial charge in [-0.2, -0.15) is 0 Å². The molecular weight excluding hydrogens is 272 g/mol. The van der Waals surface area contributed by atoms with Gasteiger partial charge in [0.25, 0.3) is 0 Å². The van der Waals surface area contributed by atoms with Crippen LogP contribution < -0.4 is 5.76 Å². The number of nitrogens with one attached hydrogen (secondary N) is 1. The molecule has 2 atom stereocenters. The molecule has 6 nitrogen and oxygen atoms in total. The minimum absolute atomic E-state index is 0.125. The Morgan fingerprint density at radius 3 is 2.67 bits per heavy atom. The monoisotopic (exact) mass is 288 g/mol. The van der Waals surface area contributed by atoms with Crippen molar-refractivity contribution in [2.45, 2.75) is 43.7 Å². The number of rotatable bonds is 1. The first-order valence-electron chi connectivity index (χ1n) is 7.26. The number of oxazole rings is 1. The Morgan fingerprint density at radius 1 is 1.29 bits per heavy atom. The highest BCUT2D eigenvalue weighted by Crippen LogP contribution is 2.43. The van der Waals surface area contributed by atoms with Crippen molar-refractivity contribution < 1.29 is 14.3 Å². The minimum atomic E-state index is -0.798. The van der Waals surface area contributed by atoms with Crippen LogP contribution in [-0.4, -0.2) is 33.2 Å². The van der Waals surface area contributed by atoms with Gasteiger partial charge in [0.1, 0.15) is 0 Å². The highest BCUT2D eigenvalue weighted by Gasteiger charge is 2.43. The summed E-state index contributed by atoms with van der Waals surface area (Å²) in [7, 11) is 0. The first kappa shape index (κ1) is 12.5. The Hall–Kier alpha value is -2.24. The highest BCUT2D eigenvalue weighted by atomic mass is 16.4. The van der Waals surface area contributed by atoms with Crippen molar-refractivity contribution in [3.63, 3.8) is 0 Å². The molecule has 110 valence electrons. The summed E-state index contributed by atoms with van der Waals surface area (Å²) in [5.41, 5.74) is 2.41. The van der Waals surface area contributed by atoms with Gasteiger partial charge in [0.05, 0.1) is 5.52 Å². The zero-order valence-corrected chi connectivity index (χ0v) is 11.4. The van der Waals surface area contributed by atoms with E-state index in [4.69, 9.17) is 4.42 Å². The second kappa shape index (κ2) is 4.38. The van der Waals surface area contributed by atoms with Crippen LogP contribution in [0, 0.1) is 0 Å². The molecule has 4 rings (SSSR count). The van der Waals surface area contributed by atoms with Gasteiger partial charge in [0, 0.05) is 12.1 Å². The maximum Gasteiger partial charge on any atom is 0.417 e. The first-order valence-corrected chi connectivity index (χ1v) is 7.26. The minimum Gasteiger partial charge on any atom is -0.465 e. The molecular formula is C15H16N2O4. The summed E-state index contributed by atoms with van der Waals surface area (Å²) in [5.74, 6) is -0.106. The standard InChI is InChI=1S/C15H16N2O4/c18-14-16-12-4-1-8(7-13(12)21-14)9-5-10-2-3-11(6-9)17(10)15(19)20/h1,4,7,9-11H,2-3,5-6H2,(H,16,18)(H,19,20). The largest absolute Gasteiger partial charge is 0.465 e. The molecule has 0 radical (unpaired) electrons. The number of aromatic nitrogens is 1. The molecule has 2 aromatic rings. The van der Waals surface area contributed by atoms with Crippen molar-refractivity contribution in [2.24, 2.45) is 0 Å². The normalized spacial score (nSPS) is 28.2. The zero-order valence-electron chi connectivity index (χ0n) is 11.4. The molecule has 1 aromatic heterocycles. The van der Waals surface area contributed by atoms with Crippen molar-refractivity contribution in [3.8, 4) is 0 Å². The molecule has 2 N–H and O–H groups in total. The number of carbonyl (C=O) groups is 1. The molecule has 0 aliphatic carbocycles. The van der Waals surface area contributed by atoms with Crippen LogP contribution in [0.15, 0.2) is 27.4 Å². The van der Waals surface area contributed by atoms with E-state index in [2.05, 4.69) is 4.98 Å². The second-order valence-electron chi connectivity index (χ2n) is 6.01. The molecule has 1 amide bonds. The van der Waals surface area contributed by atoms with Gasteiger partial charge in [0.15, 0.2) is 5.58 Å².